The summed E-state index contributed by atoms with van der Waals surface area (Å²) < 4.78 is 0. The second-order valence-electron chi connectivity index (χ2n) is 16.0. The van der Waals surface area contributed by atoms with Crippen LogP contribution in [-0.2, 0) is 19.6 Å². The molecule has 0 aliphatic carbocycles. The minimum atomic E-state index is -1.88. The van der Waals surface area contributed by atoms with Gasteiger partial charge in [-0.2, -0.15) is 0 Å². The first-order valence-corrected chi connectivity index (χ1v) is 20.5. The van der Waals surface area contributed by atoms with Crippen molar-refractivity contribution < 1.29 is 70.9 Å². The number of phenolic OH excluding ortho intramolecular Hbond substituents is 2. The molecule has 3 aromatic rings. The molecule has 62 heavy (non-hydrogen) atoms. The zero-order chi connectivity index (χ0) is 45.7. The van der Waals surface area contributed by atoms with Crippen LogP contribution in [-0.4, -0.2) is 202 Å². The van der Waals surface area contributed by atoms with E-state index in [2.05, 4.69) is 25.3 Å². The van der Waals surface area contributed by atoms with Gasteiger partial charge in [-0.25, -0.2) is 0 Å². The number of phenols is 2. The van der Waals surface area contributed by atoms with Crippen molar-refractivity contribution in [2.75, 3.05) is 65.6 Å². The van der Waals surface area contributed by atoms with Crippen LogP contribution < -0.4 is 10.6 Å². The first-order chi connectivity index (χ1) is 29.4. The summed E-state index contributed by atoms with van der Waals surface area (Å²) in [4.78, 5) is 33.1. The number of aromatic hydroxyl groups is 2. The van der Waals surface area contributed by atoms with E-state index in [-0.39, 0.29) is 35.7 Å². The van der Waals surface area contributed by atoms with E-state index in [1.807, 2.05) is 30.3 Å². The normalized spacial score (nSPS) is 18.6. The quantitative estimate of drug-likeness (QED) is 0.0534. The Bertz CT molecular complexity index is 1780. The van der Waals surface area contributed by atoms with E-state index >= 15 is 0 Å². The Kier molecular flexibility index (Phi) is 19.4. The molecule has 0 saturated carbocycles. The molecule has 344 valence electrons. The number of rotatable bonds is 20. The van der Waals surface area contributed by atoms with Gasteiger partial charge in [0.2, 0.25) is 0 Å². The largest absolute Gasteiger partial charge is 0.507 e. The van der Waals surface area contributed by atoms with E-state index in [1.54, 1.807) is 26.0 Å². The Morgan fingerprint density at radius 1 is 0.532 bits per heavy atom. The lowest BCUT2D eigenvalue weighted by Crippen LogP contribution is -2.49. The van der Waals surface area contributed by atoms with Crippen molar-refractivity contribution in [2.24, 2.45) is 0 Å². The number of amides is 2. The first kappa shape index (κ1) is 50.3. The number of aliphatic hydroxyl groups excluding tert-OH is 10. The van der Waals surface area contributed by atoms with Crippen LogP contribution >= 0.6 is 0 Å². The van der Waals surface area contributed by atoms with Gasteiger partial charge in [-0.1, -0.05) is 42.5 Å². The number of nitrogens with zero attached hydrogens (tertiary/aromatic N) is 3. The SMILES string of the molecule is Cc1cc(CN2CCN(Cc3ccccc3)CCN(Cc3cc(C)cc(C(=O)NCC(O)C(O)C(O)C(O)CO)c3O)CC2)c(O)c(C(=O)NCC(O)C(O)C(O)C(O)CO)c1. The molecular weight excluding hydrogens is 810 g/mol. The lowest BCUT2D eigenvalue weighted by Gasteiger charge is -2.27. The third-order valence-electron chi connectivity index (χ3n) is 11.0. The van der Waals surface area contributed by atoms with Crippen molar-refractivity contribution in [1.29, 1.82) is 0 Å². The predicted molar refractivity (Wildman–Crippen MR) is 225 cm³/mol. The summed E-state index contributed by atoms with van der Waals surface area (Å²) in [5.41, 5.74) is 3.21. The van der Waals surface area contributed by atoms with Gasteiger partial charge < -0.3 is 71.9 Å². The molecule has 8 unspecified atom stereocenters. The van der Waals surface area contributed by atoms with Crippen LogP contribution in [0.15, 0.2) is 54.6 Å². The monoisotopic (exact) mass is 873 g/mol. The number of benzene rings is 3. The minimum absolute atomic E-state index is 0.0761. The van der Waals surface area contributed by atoms with Crippen molar-refractivity contribution in [1.82, 2.24) is 25.3 Å². The van der Waals surface area contributed by atoms with Crippen LogP contribution in [0.3, 0.4) is 0 Å². The molecule has 1 saturated heterocycles. The second-order valence-corrected chi connectivity index (χ2v) is 16.0. The zero-order valence-corrected chi connectivity index (χ0v) is 35.0. The summed E-state index contributed by atoms with van der Waals surface area (Å²) in [5, 5.41) is 126. The average molecular weight is 874 g/mol. The molecular formula is C43H63N5O14. The van der Waals surface area contributed by atoms with Crippen molar-refractivity contribution in [2.45, 2.75) is 82.3 Å². The van der Waals surface area contributed by atoms with Crippen LogP contribution in [0, 0.1) is 13.8 Å². The highest BCUT2D eigenvalue weighted by atomic mass is 16.4. The van der Waals surface area contributed by atoms with Crippen LogP contribution in [0.2, 0.25) is 0 Å². The summed E-state index contributed by atoms with van der Waals surface area (Å²) in [7, 11) is 0. The molecule has 0 spiro atoms. The lowest BCUT2D eigenvalue weighted by atomic mass is 10.0. The number of carbonyl (C=O) groups is 2. The summed E-state index contributed by atoms with van der Waals surface area (Å²) in [6.07, 6.45) is -14.3. The molecule has 14 N–H and O–H groups in total. The van der Waals surface area contributed by atoms with Gasteiger partial charge in [-0.15, -0.1) is 0 Å². The molecule has 19 nitrogen and oxygen atoms in total. The Morgan fingerprint density at radius 3 is 1.23 bits per heavy atom. The van der Waals surface area contributed by atoms with E-state index < -0.39 is 86.9 Å². The molecule has 0 bridgehead atoms. The fourth-order valence-corrected chi connectivity index (χ4v) is 7.23. The van der Waals surface area contributed by atoms with E-state index in [0.717, 1.165) is 5.56 Å². The highest BCUT2D eigenvalue weighted by Crippen LogP contribution is 2.28. The molecule has 2 amide bonds. The Labute approximate surface area is 360 Å². The number of hydrogen-bond acceptors (Lipinski definition) is 17. The molecule has 4 rings (SSSR count). The fraction of sp³-hybridized carbons (Fsp3) is 0.535. The van der Waals surface area contributed by atoms with Gasteiger partial charge in [0.25, 0.3) is 11.8 Å². The second kappa shape index (κ2) is 23.9. The van der Waals surface area contributed by atoms with Crippen LogP contribution in [0.1, 0.15) is 48.5 Å². The Balaban J connectivity index is 1.52. The Morgan fingerprint density at radius 2 is 0.871 bits per heavy atom. The average Bonchev–Trinajstić information content (AvgIpc) is 3.35. The van der Waals surface area contributed by atoms with E-state index in [9.17, 15) is 60.7 Å². The molecule has 8 atom stereocenters. The predicted octanol–water partition coefficient (Wildman–Crippen LogP) is -3.13. The molecule has 0 aromatic heterocycles. The van der Waals surface area contributed by atoms with Crippen LogP contribution in [0.4, 0.5) is 0 Å². The summed E-state index contributed by atoms with van der Waals surface area (Å²) in [5.74, 6) is -2.07. The Hall–Kier alpha value is -4.32. The number of aryl methyl sites for hydroxylation is 2. The van der Waals surface area contributed by atoms with E-state index in [4.69, 9.17) is 10.2 Å². The highest BCUT2D eigenvalue weighted by Gasteiger charge is 2.32. The lowest BCUT2D eigenvalue weighted by molar-refractivity contribution is -0.113. The van der Waals surface area contributed by atoms with Gasteiger partial charge in [-0.3, -0.25) is 24.3 Å². The summed E-state index contributed by atoms with van der Waals surface area (Å²) >= 11 is 0. The maximum absolute atomic E-state index is 13.3. The zero-order valence-electron chi connectivity index (χ0n) is 35.0. The molecule has 1 fully saturated rings. The number of nitrogens with one attached hydrogen (secondary N) is 2. The number of aliphatic hydroxyl groups is 10. The maximum Gasteiger partial charge on any atom is 0.255 e. The highest BCUT2D eigenvalue weighted by molar-refractivity contribution is 5.98. The fourth-order valence-electron chi connectivity index (χ4n) is 7.23. The van der Waals surface area contributed by atoms with Crippen molar-refractivity contribution in [3.05, 3.63) is 93.5 Å². The number of carbonyl (C=O) groups excluding carboxylic acids is 2. The molecule has 1 aliphatic rings. The third kappa shape index (κ3) is 14.1. The number of hydrogen-bond donors (Lipinski definition) is 14. The molecule has 0 radical (unpaired) electrons. The van der Waals surface area contributed by atoms with Crippen molar-refractivity contribution >= 4 is 11.8 Å². The third-order valence-corrected chi connectivity index (χ3v) is 11.0. The molecule has 3 aromatic carbocycles. The molecule has 1 heterocycles. The van der Waals surface area contributed by atoms with Gasteiger partial charge in [0.05, 0.1) is 36.5 Å². The smallest absolute Gasteiger partial charge is 0.255 e. The van der Waals surface area contributed by atoms with Gasteiger partial charge in [0.1, 0.15) is 48.1 Å². The van der Waals surface area contributed by atoms with Gasteiger partial charge in [-0.05, 0) is 42.7 Å². The van der Waals surface area contributed by atoms with E-state index in [1.165, 1.54) is 12.1 Å². The summed E-state index contributed by atoms with van der Waals surface area (Å²) in [6, 6.07) is 16.4. The standard InChI is InChI=1S/C43H63N5O14/c1-25-14-28(36(55)30(16-25)42(61)44-18-32(51)38(57)40(59)34(53)23-49)21-47-10-8-46(20-27-6-4-3-5-7-27)9-11-48(13-12-47)22-29-15-26(2)17-31(37(29)56)43(62)45-19-33(52)39(58)41(60)35(54)24-50/h3-7,14-17,32-35,38-41,49-60H,8-13,18-24H2,1-2H3,(H,44,61)(H,45,62). The van der Waals surface area contributed by atoms with Gasteiger partial charge in [0, 0.05) is 83.1 Å². The topological polar surface area (TPSA) is 311 Å². The first-order valence-electron chi connectivity index (χ1n) is 20.5. The molecule has 1 aliphatic heterocycles. The van der Waals surface area contributed by atoms with Crippen LogP contribution in [0.25, 0.3) is 0 Å². The van der Waals surface area contributed by atoms with Gasteiger partial charge >= 0.3 is 0 Å². The minimum Gasteiger partial charge on any atom is -0.507 e. The molecule has 19 heteroatoms. The maximum atomic E-state index is 13.3. The van der Waals surface area contributed by atoms with Crippen LogP contribution in [0.5, 0.6) is 11.5 Å². The summed E-state index contributed by atoms with van der Waals surface area (Å²) in [6.45, 7) is 5.33. The van der Waals surface area contributed by atoms with Crippen molar-refractivity contribution in [3.8, 4) is 11.5 Å². The van der Waals surface area contributed by atoms with Gasteiger partial charge in [0.15, 0.2) is 0 Å². The van der Waals surface area contributed by atoms with Crippen molar-refractivity contribution in [3.63, 3.8) is 0 Å². The van der Waals surface area contributed by atoms with E-state index in [0.29, 0.717) is 68.1 Å².